The topological polar surface area (TPSA) is 110 Å². The smallest absolute Gasteiger partial charge is 0.257 e. The van der Waals surface area contributed by atoms with E-state index < -0.39 is 0 Å². The van der Waals surface area contributed by atoms with Gasteiger partial charge in [0.1, 0.15) is 5.82 Å². The number of rotatable bonds is 4. The van der Waals surface area contributed by atoms with E-state index in [2.05, 4.69) is 15.3 Å². The van der Waals surface area contributed by atoms with Gasteiger partial charge >= 0.3 is 0 Å². The maximum atomic E-state index is 11.6. The summed E-state index contributed by atoms with van der Waals surface area (Å²) in [5, 5.41) is 3.19. The van der Waals surface area contributed by atoms with E-state index in [1.165, 1.54) is 0 Å². The van der Waals surface area contributed by atoms with Crippen molar-refractivity contribution in [3.05, 3.63) is 46.2 Å². The van der Waals surface area contributed by atoms with Crippen molar-refractivity contribution in [2.45, 2.75) is 6.42 Å². The zero-order chi connectivity index (χ0) is 13.0. The van der Waals surface area contributed by atoms with E-state index in [4.69, 9.17) is 11.5 Å². The lowest BCUT2D eigenvalue weighted by Crippen LogP contribution is -2.21. The summed E-state index contributed by atoms with van der Waals surface area (Å²) in [6, 6.07) is 9.73. The zero-order valence-electron chi connectivity index (χ0n) is 9.81. The van der Waals surface area contributed by atoms with Crippen molar-refractivity contribution in [3.63, 3.8) is 0 Å². The molecule has 94 valence electrons. The number of nitrogens with zero attached hydrogens (tertiary/aromatic N) is 1. The standard InChI is InChI=1S/C12H15N5O/c13-10-9(11(18)17-12(14)16-10)6-7-15-8-4-2-1-3-5-8/h1-5,15H,6-7H2,(H5,13,14,16,17,18). The fourth-order valence-corrected chi connectivity index (χ4v) is 1.66. The van der Waals surface area contributed by atoms with Gasteiger partial charge in [-0.2, -0.15) is 4.98 Å². The van der Waals surface area contributed by atoms with E-state index in [-0.39, 0.29) is 17.3 Å². The van der Waals surface area contributed by atoms with Gasteiger partial charge in [-0.3, -0.25) is 9.78 Å². The van der Waals surface area contributed by atoms with Crippen LogP contribution in [0.4, 0.5) is 17.5 Å². The van der Waals surface area contributed by atoms with Crippen LogP contribution in [0, 0.1) is 0 Å². The molecule has 6 N–H and O–H groups in total. The molecule has 6 nitrogen and oxygen atoms in total. The third-order valence-electron chi connectivity index (χ3n) is 2.54. The van der Waals surface area contributed by atoms with Crippen LogP contribution >= 0.6 is 0 Å². The van der Waals surface area contributed by atoms with Crippen LogP contribution in [-0.4, -0.2) is 16.5 Å². The molecule has 0 bridgehead atoms. The summed E-state index contributed by atoms with van der Waals surface area (Å²) in [7, 11) is 0. The quantitative estimate of drug-likeness (QED) is 0.630. The van der Waals surface area contributed by atoms with Gasteiger partial charge in [-0.1, -0.05) is 18.2 Å². The molecule has 2 rings (SSSR count). The number of nitrogen functional groups attached to an aromatic ring is 2. The Bertz CT molecular complexity index is 579. The number of aromatic amines is 1. The number of H-pyrrole nitrogens is 1. The van der Waals surface area contributed by atoms with E-state index in [0.717, 1.165) is 5.69 Å². The molecule has 0 spiro atoms. The Morgan fingerprint density at radius 3 is 2.61 bits per heavy atom. The predicted molar refractivity (Wildman–Crippen MR) is 72.3 cm³/mol. The maximum Gasteiger partial charge on any atom is 0.257 e. The summed E-state index contributed by atoms with van der Waals surface area (Å²) < 4.78 is 0. The van der Waals surface area contributed by atoms with Crippen LogP contribution in [0.2, 0.25) is 0 Å². The van der Waals surface area contributed by atoms with Gasteiger partial charge in [0.05, 0.1) is 5.56 Å². The fraction of sp³-hybridized carbons (Fsp3) is 0.167. The van der Waals surface area contributed by atoms with E-state index in [9.17, 15) is 4.79 Å². The van der Waals surface area contributed by atoms with E-state index in [1.54, 1.807) is 0 Å². The van der Waals surface area contributed by atoms with Gasteiger partial charge in [-0.25, -0.2) is 0 Å². The van der Waals surface area contributed by atoms with Crippen molar-refractivity contribution < 1.29 is 0 Å². The van der Waals surface area contributed by atoms with Crippen molar-refractivity contribution in [1.29, 1.82) is 0 Å². The second-order valence-corrected chi connectivity index (χ2v) is 3.86. The Balaban J connectivity index is 2.01. The predicted octanol–water partition coefficient (Wildman–Crippen LogP) is 0.589. The van der Waals surface area contributed by atoms with Crippen molar-refractivity contribution in [2.75, 3.05) is 23.3 Å². The monoisotopic (exact) mass is 245 g/mol. The summed E-state index contributed by atoms with van der Waals surface area (Å²) in [5.41, 5.74) is 12.2. The number of anilines is 3. The zero-order valence-corrected chi connectivity index (χ0v) is 9.81. The highest BCUT2D eigenvalue weighted by Gasteiger charge is 2.07. The molecule has 1 heterocycles. The highest BCUT2D eigenvalue weighted by molar-refractivity contribution is 5.44. The van der Waals surface area contributed by atoms with Crippen LogP contribution in [0.15, 0.2) is 35.1 Å². The van der Waals surface area contributed by atoms with Crippen molar-refractivity contribution in [1.82, 2.24) is 9.97 Å². The van der Waals surface area contributed by atoms with Crippen LogP contribution in [0.5, 0.6) is 0 Å². The molecule has 1 aromatic carbocycles. The lowest BCUT2D eigenvalue weighted by atomic mass is 10.2. The van der Waals surface area contributed by atoms with Crippen LogP contribution in [0.3, 0.4) is 0 Å². The van der Waals surface area contributed by atoms with Crippen LogP contribution in [-0.2, 0) is 6.42 Å². The summed E-state index contributed by atoms with van der Waals surface area (Å²) in [5.74, 6) is 0.225. The summed E-state index contributed by atoms with van der Waals surface area (Å²) in [6.45, 7) is 0.600. The Morgan fingerprint density at radius 1 is 1.22 bits per heavy atom. The third kappa shape index (κ3) is 2.79. The second kappa shape index (κ2) is 5.22. The summed E-state index contributed by atoms with van der Waals surface area (Å²) in [6.07, 6.45) is 0.489. The third-order valence-corrected chi connectivity index (χ3v) is 2.54. The van der Waals surface area contributed by atoms with Gasteiger partial charge in [0.25, 0.3) is 5.56 Å². The molecule has 1 aromatic heterocycles. The minimum absolute atomic E-state index is 0.0391. The van der Waals surface area contributed by atoms with Gasteiger partial charge in [-0.15, -0.1) is 0 Å². The second-order valence-electron chi connectivity index (χ2n) is 3.86. The number of para-hydroxylation sites is 1. The first-order valence-corrected chi connectivity index (χ1v) is 5.60. The molecule has 6 heteroatoms. The molecule has 0 saturated heterocycles. The number of nitrogens with one attached hydrogen (secondary N) is 2. The first-order chi connectivity index (χ1) is 8.66. The number of hydrogen-bond acceptors (Lipinski definition) is 5. The number of hydrogen-bond donors (Lipinski definition) is 4. The molecule has 0 unspecified atom stereocenters. The fourth-order valence-electron chi connectivity index (χ4n) is 1.66. The van der Waals surface area contributed by atoms with Gasteiger partial charge in [0.15, 0.2) is 0 Å². The van der Waals surface area contributed by atoms with Gasteiger partial charge in [-0.05, 0) is 18.6 Å². The minimum Gasteiger partial charge on any atom is -0.385 e. The number of nitrogens with two attached hydrogens (primary N) is 2. The van der Waals surface area contributed by atoms with Crippen molar-refractivity contribution >= 4 is 17.5 Å². The Morgan fingerprint density at radius 2 is 1.94 bits per heavy atom. The maximum absolute atomic E-state index is 11.6. The molecular weight excluding hydrogens is 230 g/mol. The number of benzene rings is 1. The van der Waals surface area contributed by atoms with E-state index >= 15 is 0 Å². The molecule has 18 heavy (non-hydrogen) atoms. The van der Waals surface area contributed by atoms with E-state index in [0.29, 0.717) is 18.5 Å². The van der Waals surface area contributed by atoms with Crippen molar-refractivity contribution in [3.8, 4) is 0 Å². The average Bonchev–Trinajstić information content (AvgIpc) is 2.34. The van der Waals surface area contributed by atoms with Crippen LogP contribution in [0.25, 0.3) is 0 Å². The largest absolute Gasteiger partial charge is 0.385 e. The molecule has 0 aliphatic rings. The SMILES string of the molecule is Nc1nc(N)c(CCNc2ccccc2)c(=O)[nH]1. The van der Waals surface area contributed by atoms with Gasteiger partial charge < -0.3 is 16.8 Å². The minimum atomic E-state index is -0.283. The highest BCUT2D eigenvalue weighted by atomic mass is 16.1. The molecule has 0 atom stereocenters. The van der Waals surface area contributed by atoms with Crippen molar-refractivity contribution in [2.24, 2.45) is 0 Å². The Hall–Kier alpha value is -2.50. The molecule has 0 radical (unpaired) electrons. The molecule has 0 saturated carbocycles. The van der Waals surface area contributed by atoms with Gasteiger partial charge in [0.2, 0.25) is 5.95 Å². The average molecular weight is 245 g/mol. The normalized spacial score (nSPS) is 10.2. The molecule has 0 aliphatic heterocycles. The first-order valence-electron chi connectivity index (χ1n) is 5.60. The molecule has 0 fully saturated rings. The van der Waals surface area contributed by atoms with Crippen LogP contribution < -0.4 is 22.3 Å². The molecule has 2 aromatic rings. The van der Waals surface area contributed by atoms with E-state index in [1.807, 2.05) is 30.3 Å². The Kier molecular flexibility index (Phi) is 3.47. The summed E-state index contributed by atoms with van der Waals surface area (Å²) in [4.78, 5) is 17.9. The van der Waals surface area contributed by atoms with Gasteiger partial charge in [0, 0.05) is 12.2 Å². The first kappa shape index (κ1) is 12.0. The van der Waals surface area contributed by atoms with Crippen LogP contribution in [0.1, 0.15) is 5.56 Å². The molecule has 0 amide bonds. The lowest BCUT2D eigenvalue weighted by molar-refractivity contribution is 0.966. The highest BCUT2D eigenvalue weighted by Crippen LogP contribution is 2.07. The number of aromatic nitrogens is 2. The molecule has 0 aliphatic carbocycles. The lowest BCUT2D eigenvalue weighted by Gasteiger charge is -2.07. The molecular formula is C12H15N5O. The Labute approximate surface area is 104 Å². The summed E-state index contributed by atoms with van der Waals surface area (Å²) >= 11 is 0.